The van der Waals surface area contributed by atoms with Crippen molar-refractivity contribution < 1.29 is 27.9 Å². The number of ether oxygens (including phenoxy) is 2. The molecule has 0 aliphatic heterocycles. The molecule has 168 valence electrons. The smallest absolute Gasteiger partial charge is 0.349 e. The van der Waals surface area contributed by atoms with Crippen LogP contribution in [0.2, 0.25) is 10.0 Å². The van der Waals surface area contributed by atoms with Crippen molar-refractivity contribution >= 4 is 46.0 Å². The lowest BCUT2D eigenvalue weighted by Gasteiger charge is -2.09. The maximum atomic E-state index is 12.3. The number of rotatable bonds is 7. The van der Waals surface area contributed by atoms with Crippen LogP contribution in [0.1, 0.15) is 16.1 Å². The van der Waals surface area contributed by atoms with Crippen molar-refractivity contribution in [3.8, 4) is 11.5 Å². The Labute approximate surface area is 196 Å². The van der Waals surface area contributed by atoms with Gasteiger partial charge in [-0.1, -0.05) is 23.2 Å². The zero-order valence-corrected chi connectivity index (χ0v) is 18.3. The summed E-state index contributed by atoms with van der Waals surface area (Å²) in [6, 6.07) is 13.8. The molecule has 10 heteroatoms. The molecule has 1 amide bonds. The second kappa shape index (κ2) is 9.81. The summed E-state index contributed by atoms with van der Waals surface area (Å²) in [6.07, 6.45) is 1.48. The predicted octanol–water partition coefficient (Wildman–Crippen LogP) is 4.61. The van der Waals surface area contributed by atoms with Gasteiger partial charge in [-0.3, -0.25) is 4.79 Å². The van der Waals surface area contributed by atoms with Crippen molar-refractivity contribution in [1.82, 2.24) is 5.32 Å². The summed E-state index contributed by atoms with van der Waals surface area (Å²) in [7, 11) is 0. The number of benzene rings is 2. The maximum absolute atomic E-state index is 12.3. The molecule has 2 heterocycles. The lowest BCUT2D eigenvalue weighted by atomic mass is 10.1. The molecule has 4 aromatic rings. The molecule has 2 aromatic heterocycles. The number of halogens is 2. The minimum Gasteiger partial charge on any atom is -0.480 e. The Balaban J connectivity index is 1.42. The third-order valence-corrected chi connectivity index (χ3v) is 4.96. The van der Waals surface area contributed by atoms with E-state index in [2.05, 4.69) is 5.32 Å². The average molecular weight is 488 g/mol. The van der Waals surface area contributed by atoms with E-state index in [0.29, 0.717) is 16.2 Å². The van der Waals surface area contributed by atoms with Crippen molar-refractivity contribution in [3.05, 3.63) is 92.6 Å². The SMILES string of the molecule is O=C(COc1ccc(Cl)cc1Cl)Oc1ccc2cc(C(=O)NCc3ccco3)c(=O)oc2c1. The molecule has 2 aromatic carbocycles. The molecule has 8 nitrogen and oxygen atoms in total. The minimum atomic E-state index is -0.830. The van der Waals surface area contributed by atoms with E-state index in [0.717, 1.165) is 0 Å². The first-order valence-corrected chi connectivity index (χ1v) is 10.3. The van der Waals surface area contributed by atoms with Crippen molar-refractivity contribution in [2.75, 3.05) is 6.61 Å². The maximum Gasteiger partial charge on any atom is 0.349 e. The number of hydrogen-bond acceptors (Lipinski definition) is 7. The van der Waals surface area contributed by atoms with E-state index in [1.807, 2.05) is 0 Å². The first-order chi connectivity index (χ1) is 15.9. The Morgan fingerprint density at radius 1 is 1.03 bits per heavy atom. The molecule has 0 spiro atoms. The highest BCUT2D eigenvalue weighted by atomic mass is 35.5. The van der Waals surface area contributed by atoms with Gasteiger partial charge < -0.3 is 23.6 Å². The van der Waals surface area contributed by atoms with Crippen LogP contribution in [0.4, 0.5) is 0 Å². The normalized spacial score (nSPS) is 10.7. The van der Waals surface area contributed by atoms with Gasteiger partial charge >= 0.3 is 11.6 Å². The Hall–Kier alpha value is -3.75. The predicted molar refractivity (Wildman–Crippen MR) is 120 cm³/mol. The second-order valence-corrected chi connectivity index (χ2v) is 7.59. The van der Waals surface area contributed by atoms with E-state index < -0.39 is 24.1 Å². The number of amides is 1. The van der Waals surface area contributed by atoms with Gasteiger partial charge in [0.1, 0.15) is 28.4 Å². The summed E-state index contributed by atoms with van der Waals surface area (Å²) >= 11 is 11.8. The van der Waals surface area contributed by atoms with Gasteiger partial charge in [0, 0.05) is 16.5 Å². The van der Waals surface area contributed by atoms with E-state index in [1.165, 1.54) is 36.6 Å². The fourth-order valence-corrected chi connectivity index (χ4v) is 3.34. The van der Waals surface area contributed by atoms with Gasteiger partial charge in [-0.2, -0.15) is 0 Å². The number of nitrogens with one attached hydrogen (secondary N) is 1. The highest BCUT2D eigenvalue weighted by Crippen LogP contribution is 2.27. The zero-order chi connectivity index (χ0) is 23.4. The van der Waals surface area contributed by atoms with E-state index in [4.69, 9.17) is 41.5 Å². The van der Waals surface area contributed by atoms with Crippen LogP contribution < -0.4 is 20.4 Å². The number of carbonyl (C=O) groups excluding carboxylic acids is 2. The number of fused-ring (bicyclic) bond motifs is 1. The third-order valence-electron chi connectivity index (χ3n) is 4.43. The fraction of sp³-hybridized carbons (Fsp3) is 0.0870. The monoisotopic (exact) mass is 487 g/mol. The van der Waals surface area contributed by atoms with Gasteiger partial charge in [0.2, 0.25) is 0 Å². The highest BCUT2D eigenvalue weighted by Gasteiger charge is 2.15. The molecule has 0 saturated heterocycles. The molecule has 1 N–H and O–H groups in total. The third kappa shape index (κ3) is 5.54. The van der Waals surface area contributed by atoms with Crippen molar-refractivity contribution in [2.24, 2.45) is 0 Å². The van der Waals surface area contributed by atoms with Crippen LogP contribution in [-0.4, -0.2) is 18.5 Å². The van der Waals surface area contributed by atoms with Gasteiger partial charge in [0.05, 0.1) is 17.8 Å². The van der Waals surface area contributed by atoms with Crippen molar-refractivity contribution in [3.63, 3.8) is 0 Å². The molecule has 0 unspecified atom stereocenters. The molecule has 0 atom stereocenters. The Kier molecular flexibility index (Phi) is 6.67. The van der Waals surface area contributed by atoms with Crippen molar-refractivity contribution in [1.29, 1.82) is 0 Å². The quantitative estimate of drug-likeness (QED) is 0.230. The van der Waals surface area contributed by atoms with Crippen LogP contribution in [0.15, 0.2) is 74.5 Å². The molecule has 0 aliphatic carbocycles. The number of carbonyl (C=O) groups is 2. The molecule has 0 aliphatic rings. The average Bonchev–Trinajstić information content (AvgIpc) is 3.30. The summed E-state index contributed by atoms with van der Waals surface area (Å²) in [5, 5.41) is 3.75. The van der Waals surface area contributed by atoms with E-state index >= 15 is 0 Å². The largest absolute Gasteiger partial charge is 0.480 e. The molecule has 0 radical (unpaired) electrons. The van der Waals surface area contributed by atoms with Gasteiger partial charge in [-0.05, 0) is 48.5 Å². The van der Waals surface area contributed by atoms with Gasteiger partial charge in [-0.25, -0.2) is 9.59 Å². The van der Waals surface area contributed by atoms with E-state index in [1.54, 1.807) is 24.3 Å². The second-order valence-electron chi connectivity index (χ2n) is 6.75. The lowest BCUT2D eigenvalue weighted by molar-refractivity contribution is -0.136. The van der Waals surface area contributed by atoms with Gasteiger partial charge in [0.25, 0.3) is 5.91 Å². The molecule has 0 fully saturated rings. The van der Waals surface area contributed by atoms with Crippen molar-refractivity contribution in [2.45, 2.75) is 6.54 Å². The standard InChI is InChI=1S/C23H15Cl2NO7/c24-14-4-6-19(18(25)9-14)31-12-21(27)32-15-5-3-13-8-17(23(29)33-20(13)10-15)22(28)26-11-16-2-1-7-30-16/h1-10H,11-12H2,(H,26,28). The zero-order valence-electron chi connectivity index (χ0n) is 16.8. The summed E-state index contributed by atoms with van der Waals surface area (Å²) in [5.74, 6) is -0.341. The van der Waals surface area contributed by atoms with Gasteiger partial charge in [0.15, 0.2) is 6.61 Å². The summed E-state index contributed by atoms with van der Waals surface area (Å²) in [5.41, 5.74) is -0.842. The highest BCUT2D eigenvalue weighted by molar-refractivity contribution is 6.35. The number of hydrogen-bond donors (Lipinski definition) is 1. The van der Waals surface area contributed by atoms with Crippen LogP contribution >= 0.6 is 23.2 Å². The Morgan fingerprint density at radius 2 is 1.88 bits per heavy atom. The fourth-order valence-electron chi connectivity index (χ4n) is 2.88. The number of furan rings is 1. The Bertz CT molecular complexity index is 1380. The van der Waals surface area contributed by atoms with Crippen LogP contribution in [0.5, 0.6) is 11.5 Å². The topological polar surface area (TPSA) is 108 Å². The van der Waals surface area contributed by atoms with Gasteiger partial charge in [-0.15, -0.1) is 0 Å². The van der Waals surface area contributed by atoms with E-state index in [-0.39, 0.29) is 34.2 Å². The lowest BCUT2D eigenvalue weighted by Crippen LogP contribution is -2.27. The molecule has 4 rings (SSSR count). The van der Waals surface area contributed by atoms with Crippen LogP contribution in [0.25, 0.3) is 11.0 Å². The molecule has 0 bridgehead atoms. The van der Waals surface area contributed by atoms with Crippen LogP contribution in [-0.2, 0) is 11.3 Å². The molecule has 33 heavy (non-hydrogen) atoms. The summed E-state index contributed by atoms with van der Waals surface area (Å²) < 4.78 is 20.9. The first kappa shape index (κ1) is 22.4. The summed E-state index contributed by atoms with van der Waals surface area (Å²) in [6.45, 7) is -0.278. The minimum absolute atomic E-state index is 0.126. The van der Waals surface area contributed by atoms with Crippen LogP contribution in [0, 0.1) is 0 Å². The summed E-state index contributed by atoms with van der Waals surface area (Å²) in [4.78, 5) is 36.7. The first-order valence-electron chi connectivity index (χ1n) is 9.56. The number of esters is 1. The molecule has 0 saturated carbocycles. The Morgan fingerprint density at radius 3 is 2.64 bits per heavy atom. The van der Waals surface area contributed by atoms with E-state index in [9.17, 15) is 14.4 Å². The molecular weight excluding hydrogens is 473 g/mol. The molecular formula is C23H15Cl2NO7. The van der Waals surface area contributed by atoms with Crippen LogP contribution in [0.3, 0.4) is 0 Å².